The van der Waals surface area contributed by atoms with Gasteiger partial charge in [-0.1, -0.05) is 17.2 Å². The molecule has 0 aromatic carbocycles. The molecule has 0 aromatic rings. The lowest BCUT2D eigenvalue weighted by molar-refractivity contribution is -0.121. The summed E-state index contributed by atoms with van der Waals surface area (Å²) in [6.07, 6.45) is -4.65. The summed E-state index contributed by atoms with van der Waals surface area (Å²) in [5.74, 6) is 0. The van der Waals surface area contributed by atoms with Crippen molar-refractivity contribution in [1.82, 2.24) is 0 Å². The monoisotopic (exact) mass is 208 g/mol. The predicted octanol–water partition coefficient (Wildman–Crippen LogP) is -0.0419. The van der Waals surface area contributed by atoms with Gasteiger partial charge >= 0.3 is 0 Å². The molecule has 0 aliphatic carbocycles. The van der Waals surface area contributed by atoms with E-state index in [1.165, 1.54) is 0 Å². The van der Waals surface area contributed by atoms with E-state index in [1.54, 1.807) is 13.8 Å². The Balaban J connectivity index is 2.80. The summed E-state index contributed by atoms with van der Waals surface area (Å²) in [5, 5.41) is 27.9. The molecule has 5 heteroatoms. The van der Waals surface area contributed by atoms with Crippen LogP contribution in [0.5, 0.6) is 0 Å². The van der Waals surface area contributed by atoms with E-state index in [0.717, 1.165) is 5.57 Å². The minimum atomic E-state index is -1.37. The van der Waals surface area contributed by atoms with Crippen LogP contribution < -0.4 is 0 Å². The average molecular weight is 209 g/mol. The summed E-state index contributed by atoms with van der Waals surface area (Å²) in [4.78, 5) is 0. The number of hydrogen-bond acceptors (Lipinski definition) is 4. The molecule has 3 N–H and O–H groups in total. The van der Waals surface area contributed by atoms with Crippen molar-refractivity contribution in [2.24, 2.45) is 0 Å². The highest BCUT2D eigenvalue weighted by atomic mass is 35.5. The molecule has 1 heterocycles. The maximum Gasteiger partial charge on any atom is 0.184 e. The van der Waals surface area contributed by atoms with Crippen LogP contribution in [-0.4, -0.2) is 39.9 Å². The lowest BCUT2D eigenvalue weighted by Crippen LogP contribution is -2.32. The van der Waals surface area contributed by atoms with Gasteiger partial charge in [0.15, 0.2) is 6.29 Å². The van der Waals surface area contributed by atoms with Gasteiger partial charge in [0.05, 0.1) is 0 Å². The van der Waals surface area contributed by atoms with E-state index < -0.39 is 24.6 Å². The van der Waals surface area contributed by atoms with E-state index in [2.05, 4.69) is 0 Å². The van der Waals surface area contributed by atoms with Crippen molar-refractivity contribution in [1.29, 1.82) is 0 Å². The Morgan fingerprint density at radius 1 is 1.15 bits per heavy atom. The van der Waals surface area contributed by atoms with Crippen molar-refractivity contribution in [2.45, 2.75) is 38.4 Å². The molecular formula is C8H13ClO4. The Hall–Kier alpha value is -0.130. The lowest BCUT2D eigenvalue weighted by atomic mass is 10.1. The molecule has 0 spiro atoms. The van der Waals surface area contributed by atoms with Gasteiger partial charge in [0.25, 0.3) is 0 Å². The number of rotatable bonds is 1. The molecule has 76 valence electrons. The second-order valence-electron chi connectivity index (χ2n) is 3.28. The van der Waals surface area contributed by atoms with E-state index in [0.29, 0.717) is 5.03 Å². The third-order valence-corrected chi connectivity index (χ3v) is 2.56. The van der Waals surface area contributed by atoms with Gasteiger partial charge in [0.1, 0.15) is 18.3 Å². The summed E-state index contributed by atoms with van der Waals surface area (Å²) in [5.41, 5.74) is 0.784. The molecular weight excluding hydrogens is 196 g/mol. The van der Waals surface area contributed by atoms with Crippen molar-refractivity contribution in [3.63, 3.8) is 0 Å². The van der Waals surface area contributed by atoms with E-state index in [9.17, 15) is 5.11 Å². The molecule has 1 saturated heterocycles. The number of ether oxygens (including phenoxy) is 1. The normalized spacial score (nSPS) is 39.2. The number of halogens is 1. The minimum Gasteiger partial charge on any atom is -0.387 e. The second kappa shape index (κ2) is 3.94. The average Bonchev–Trinajstić information content (AvgIpc) is 2.31. The first-order valence-corrected chi connectivity index (χ1v) is 4.35. The number of hydrogen-bond donors (Lipinski definition) is 3. The maximum absolute atomic E-state index is 9.39. The van der Waals surface area contributed by atoms with Crippen LogP contribution >= 0.6 is 11.6 Å². The quantitative estimate of drug-likeness (QED) is 0.566. The SMILES string of the molecule is CC(C)=C(Cl)[C@H]1O[C@@H](O)[C@H](O)[C@@H]1O. The Morgan fingerprint density at radius 3 is 2.00 bits per heavy atom. The highest BCUT2D eigenvalue weighted by molar-refractivity contribution is 6.30. The smallest absolute Gasteiger partial charge is 0.184 e. The Morgan fingerprint density at radius 2 is 1.69 bits per heavy atom. The number of allylic oxidation sites excluding steroid dienone is 1. The molecule has 0 bridgehead atoms. The van der Waals surface area contributed by atoms with Gasteiger partial charge in [-0.2, -0.15) is 0 Å². The van der Waals surface area contributed by atoms with Crippen LogP contribution in [0.2, 0.25) is 0 Å². The Kier molecular flexibility index (Phi) is 3.32. The van der Waals surface area contributed by atoms with Crippen LogP contribution in [0, 0.1) is 0 Å². The second-order valence-corrected chi connectivity index (χ2v) is 3.68. The first-order chi connectivity index (χ1) is 5.95. The fourth-order valence-corrected chi connectivity index (χ4v) is 1.33. The lowest BCUT2D eigenvalue weighted by Gasteiger charge is -2.14. The van der Waals surface area contributed by atoms with Crippen LogP contribution in [0.25, 0.3) is 0 Å². The zero-order valence-corrected chi connectivity index (χ0v) is 8.19. The first kappa shape index (κ1) is 10.9. The molecule has 0 radical (unpaired) electrons. The molecule has 1 rings (SSSR count). The van der Waals surface area contributed by atoms with E-state index in [1.807, 2.05) is 0 Å². The third-order valence-electron chi connectivity index (χ3n) is 1.97. The fourth-order valence-electron chi connectivity index (χ4n) is 1.15. The molecule has 1 fully saturated rings. The molecule has 0 unspecified atom stereocenters. The topological polar surface area (TPSA) is 69.9 Å². The highest BCUT2D eigenvalue weighted by Gasteiger charge is 2.43. The summed E-state index contributed by atoms with van der Waals surface area (Å²) in [6.45, 7) is 3.52. The minimum absolute atomic E-state index is 0.322. The largest absolute Gasteiger partial charge is 0.387 e. The number of aliphatic hydroxyl groups is 3. The Labute approximate surface area is 81.4 Å². The first-order valence-electron chi connectivity index (χ1n) is 3.97. The Bertz CT molecular complexity index is 224. The predicted molar refractivity (Wildman–Crippen MR) is 47.1 cm³/mol. The summed E-state index contributed by atoms with van der Waals surface area (Å²) in [7, 11) is 0. The van der Waals surface area contributed by atoms with Crippen molar-refractivity contribution >= 4 is 11.6 Å². The van der Waals surface area contributed by atoms with E-state index >= 15 is 0 Å². The van der Waals surface area contributed by atoms with Crippen molar-refractivity contribution in [3.8, 4) is 0 Å². The van der Waals surface area contributed by atoms with Gasteiger partial charge in [0, 0.05) is 5.03 Å². The summed E-state index contributed by atoms with van der Waals surface area (Å²) < 4.78 is 4.87. The fraction of sp³-hybridized carbons (Fsp3) is 0.750. The van der Waals surface area contributed by atoms with Crippen molar-refractivity contribution in [2.75, 3.05) is 0 Å². The van der Waals surface area contributed by atoms with Crippen LogP contribution in [0.15, 0.2) is 10.6 Å². The molecule has 13 heavy (non-hydrogen) atoms. The summed E-state index contributed by atoms with van der Waals surface area (Å²) >= 11 is 5.82. The van der Waals surface area contributed by atoms with Gasteiger partial charge < -0.3 is 20.1 Å². The maximum atomic E-state index is 9.39. The zero-order chi connectivity index (χ0) is 10.2. The number of aliphatic hydroxyl groups excluding tert-OH is 3. The van der Waals surface area contributed by atoms with Crippen LogP contribution in [0.1, 0.15) is 13.8 Å². The molecule has 4 atom stereocenters. The van der Waals surface area contributed by atoms with E-state index in [-0.39, 0.29) is 0 Å². The van der Waals surface area contributed by atoms with Gasteiger partial charge in [-0.3, -0.25) is 0 Å². The highest BCUT2D eigenvalue weighted by Crippen LogP contribution is 2.28. The molecule has 0 amide bonds. The van der Waals surface area contributed by atoms with Crippen LogP contribution in [0.3, 0.4) is 0 Å². The van der Waals surface area contributed by atoms with Gasteiger partial charge in [0.2, 0.25) is 0 Å². The third kappa shape index (κ3) is 2.03. The van der Waals surface area contributed by atoms with E-state index in [4.69, 9.17) is 26.6 Å². The molecule has 4 nitrogen and oxygen atoms in total. The van der Waals surface area contributed by atoms with Crippen LogP contribution in [-0.2, 0) is 4.74 Å². The van der Waals surface area contributed by atoms with Crippen molar-refractivity contribution in [3.05, 3.63) is 10.6 Å². The molecule has 0 aromatic heterocycles. The van der Waals surface area contributed by atoms with Crippen LogP contribution in [0.4, 0.5) is 0 Å². The van der Waals surface area contributed by atoms with Gasteiger partial charge in [-0.25, -0.2) is 0 Å². The van der Waals surface area contributed by atoms with Crippen molar-refractivity contribution < 1.29 is 20.1 Å². The van der Waals surface area contributed by atoms with Gasteiger partial charge in [-0.15, -0.1) is 0 Å². The zero-order valence-electron chi connectivity index (χ0n) is 7.44. The van der Waals surface area contributed by atoms with Gasteiger partial charge in [-0.05, 0) is 13.8 Å². The summed E-state index contributed by atoms with van der Waals surface area (Å²) in [6, 6.07) is 0. The molecule has 1 aliphatic heterocycles. The molecule has 1 aliphatic rings. The standard InChI is InChI=1S/C8H13ClO4/c1-3(2)4(9)7-5(10)6(11)8(12)13-7/h5-8,10-12H,1-2H3/t5-,6+,7+,8+/m0/s1. The molecule has 0 saturated carbocycles.